The molecule has 0 bridgehead atoms. The number of hydrogen-bond acceptors (Lipinski definition) is 2. The predicted octanol–water partition coefficient (Wildman–Crippen LogP) is 5.82. The van der Waals surface area contributed by atoms with Gasteiger partial charge in [0, 0.05) is 34.1 Å². The van der Waals surface area contributed by atoms with E-state index in [1.54, 1.807) is 0 Å². The summed E-state index contributed by atoms with van der Waals surface area (Å²) in [5.74, 6) is 0. The second-order valence-electron chi connectivity index (χ2n) is 6.51. The molecule has 1 aliphatic carbocycles. The minimum Gasteiger partial charge on any atom is -0.308 e. The van der Waals surface area contributed by atoms with Crippen LogP contribution in [0.2, 0.25) is 0 Å². The average molecular weight is 489 g/mol. The molecule has 0 amide bonds. The lowest BCUT2D eigenvalue weighted by Crippen LogP contribution is -2.49. The normalized spacial score (nSPS) is 20.1. The zero-order chi connectivity index (χ0) is 16.8. The highest BCUT2D eigenvalue weighted by atomic mass is 79.9. The molecular formula is C20H25Br2ClN2. The molecule has 1 aliphatic rings. The highest BCUT2D eigenvalue weighted by Gasteiger charge is 2.24. The second-order valence-corrected chi connectivity index (χ2v) is 8.34. The summed E-state index contributed by atoms with van der Waals surface area (Å²) in [4.78, 5) is 0. The Morgan fingerprint density at radius 3 is 1.40 bits per heavy atom. The van der Waals surface area contributed by atoms with Crippen LogP contribution in [-0.4, -0.2) is 12.1 Å². The molecule has 2 nitrogen and oxygen atoms in total. The Morgan fingerprint density at radius 1 is 0.680 bits per heavy atom. The summed E-state index contributed by atoms with van der Waals surface area (Å²) in [6.45, 7) is 1.88. The number of rotatable bonds is 6. The van der Waals surface area contributed by atoms with Gasteiger partial charge in [-0.15, -0.1) is 12.4 Å². The van der Waals surface area contributed by atoms with Gasteiger partial charge in [0.05, 0.1) is 0 Å². The Morgan fingerprint density at radius 2 is 1.04 bits per heavy atom. The van der Waals surface area contributed by atoms with Crippen molar-refractivity contribution in [2.24, 2.45) is 0 Å². The molecule has 2 atom stereocenters. The van der Waals surface area contributed by atoms with Gasteiger partial charge in [-0.2, -0.15) is 0 Å². The van der Waals surface area contributed by atoms with Crippen LogP contribution in [0.3, 0.4) is 0 Å². The first kappa shape index (κ1) is 20.9. The SMILES string of the molecule is Brc1ccc(CN[C@H]2CCCC[C@@H]2NCc2ccc(Br)cc2)cc1.Cl. The summed E-state index contributed by atoms with van der Waals surface area (Å²) in [5, 5.41) is 7.54. The van der Waals surface area contributed by atoms with Gasteiger partial charge < -0.3 is 10.6 Å². The van der Waals surface area contributed by atoms with E-state index < -0.39 is 0 Å². The minimum atomic E-state index is 0. The van der Waals surface area contributed by atoms with Crippen molar-refractivity contribution in [3.8, 4) is 0 Å². The first-order valence-corrected chi connectivity index (χ1v) is 10.2. The van der Waals surface area contributed by atoms with Gasteiger partial charge in [0.1, 0.15) is 0 Å². The van der Waals surface area contributed by atoms with Crippen molar-refractivity contribution in [1.29, 1.82) is 0 Å². The van der Waals surface area contributed by atoms with E-state index in [1.807, 2.05) is 0 Å². The van der Waals surface area contributed by atoms with Gasteiger partial charge in [0.25, 0.3) is 0 Å². The molecule has 0 spiro atoms. The molecule has 0 saturated heterocycles. The Labute approximate surface area is 173 Å². The monoisotopic (exact) mass is 486 g/mol. The molecule has 0 radical (unpaired) electrons. The Balaban J connectivity index is 0.00000225. The number of benzene rings is 2. The average Bonchev–Trinajstić information content (AvgIpc) is 2.61. The third-order valence-corrected chi connectivity index (χ3v) is 5.79. The van der Waals surface area contributed by atoms with E-state index >= 15 is 0 Å². The van der Waals surface area contributed by atoms with Gasteiger partial charge in [0.15, 0.2) is 0 Å². The maximum Gasteiger partial charge on any atom is 0.0224 e. The zero-order valence-electron chi connectivity index (χ0n) is 14.2. The zero-order valence-corrected chi connectivity index (χ0v) is 18.2. The van der Waals surface area contributed by atoms with Crippen molar-refractivity contribution in [2.75, 3.05) is 0 Å². The van der Waals surface area contributed by atoms with Crippen molar-refractivity contribution < 1.29 is 0 Å². The van der Waals surface area contributed by atoms with Crippen LogP contribution in [0.1, 0.15) is 36.8 Å². The Hall–Kier alpha value is -0.390. The molecule has 2 N–H and O–H groups in total. The molecule has 1 saturated carbocycles. The van der Waals surface area contributed by atoms with Crippen LogP contribution in [0.4, 0.5) is 0 Å². The van der Waals surface area contributed by atoms with Crippen molar-refractivity contribution >= 4 is 44.3 Å². The van der Waals surface area contributed by atoms with Crippen molar-refractivity contribution in [3.63, 3.8) is 0 Å². The fourth-order valence-electron chi connectivity index (χ4n) is 3.32. The molecule has 1 fully saturated rings. The van der Waals surface area contributed by atoms with Crippen molar-refractivity contribution in [2.45, 2.75) is 50.9 Å². The number of hydrogen-bond donors (Lipinski definition) is 2. The van der Waals surface area contributed by atoms with Crippen LogP contribution in [0.15, 0.2) is 57.5 Å². The van der Waals surface area contributed by atoms with Crippen LogP contribution >= 0.6 is 44.3 Å². The smallest absolute Gasteiger partial charge is 0.0224 e. The quantitative estimate of drug-likeness (QED) is 0.535. The third kappa shape index (κ3) is 6.69. The summed E-state index contributed by atoms with van der Waals surface area (Å²) < 4.78 is 2.27. The summed E-state index contributed by atoms with van der Waals surface area (Å²) in [5.41, 5.74) is 2.69. The summed E-state index contributed by atoms with van der Waals surface area (Å²) in [6, 6.07) is 18.3. The van der Waals surface area contributed by atoms with E-state index in [-0.39, 0.29) is 12.4 Å². The van der Waals surface area contributed by atoms with E-state index in [4.69, 9.17) is 0 Å². The number of halogens is 3. The van der Waals surface area contributed by atoms with Crippen molar-refractivity contribution in [3.05, 3.63) is 68.6 Å². The van der Waals surface area contributed by atoms with E-state index in [9.17, 15) is 0 Å². The van der Waals surface area contributed by atoms with Crippen LogP contribution in [-0.2, 0) is 13.1 Å². The van der Waals surface area contributed by atoms with E-state index in [0.29, 0.717) is 12.1 Å². The van der Waals surface area contributed by atoms with E-state index in [2.05, 4.69) is 91.0 Å². The van der Waals surface area contributed by atoms with E-state index in [0.717, 1.165) is 22.0 Å². The standard InChI is InChI=1S/C20H24Br2N2.ClH/c21-17-9-5-15(6-10-17)13-23-19-3-1-2-4-20(19)24-14-16-7-11-18(22)12-8-16;/h5-12,19-20,23-24H,1-4,13-14H2;1H/t19-,20-;/m0./s1. The maximum atomic E-state index is 3.77. The maximum absolute atomic E-state index is 3.77. The lowest BCUT2D eigenvalue weighted by molar-refractivity contribution is 0.281. The molecule has 2 aromatic rings. The van der Waals surface area contributed by atoms with Gasteiger partial charge in [-0.1, -0.05) is 69.0 Å². The molecule has 3 rings (SSSR count). The Kier molecular flexibility index (Phi) is 8.94. The van der Waals surface area contributed by atoms with Crippen LogP contribution in [0.25, 0.3) is 0 Å². The van der Waals surface area contributed by atoms with Crippen LogP contribution in [0.5, 0.6) is 0 Å². The fourth-order valence-corrected chi connectivity index (χ4v) is 3.85. The molecule has 0 unspecified atom stereocenters. The molecule has 2 aromatic carbocycles. The lowest BCUT2D eigenvalue weighted by atomic mass is 9.90. The van der Waals surface area contributed by atoms with Gasteiger partial charge in [-0.25, -0.2) is 0 Å². The highest BCUT2D eigenvalue weighted by Crippen LogP contribution is 2.20. The van der Waals surface area contributed by atoms with Gasteiger partial charge in [-0.3, -0.25) is 0 Å². The van der Waals surface area contributed by atoms with Gasteiger partial charge >= 0.3 is 0 Å². The van der Waals surface area contributed by atoms with Gasteiger partial charge in [-0.05, 0) is 48.2 Å². The molecule has 0 aromatic heterocycles. The first-order valence-electron chi connectivity index (χ1n) is 8.66. The molecule has 5 heteroatoms. The largest absolute Gasteiger partial charge is 0.308 e. The third-order valence-electron chi connectivity index (χ3n) is 4.73. The van der Waals surface area contributed by atoms with Gasteiger partial charge in [0.2, 0.25) is 0 Å². The Bertz CT molecular complexity index is 574. The first-order chi connectivity index (χ1) is 11.7. The molecule has 25 heavy (non-hydrogen) atoms. The lowest BCUT2D eigenvalue weighted by Gasteiger charge is -2.33. The van der Waals surface area contributed by atoms with Crippen LogP contribution < -0.4 is 10.6 Å². The molecule has 136 valence electrons. The summed E-state index contributed by atoms with van der Waals surface area (Å²) >= 11 is 6.99. The fraction of sp³-hybridized carbons (Fsp3) is 0.400. The summed E-state index contributed by atoms with van der Waals surface area (Å²) in [6.07, 6.45) is 5.17. The topological polar surface area (TPSA) is 24.1 Å². The van der Waals surface area contributed by atoms with Crippen LogP contribution in [0, 0.1) is 0 Å². The highest BCUT2D eigenvalue weighted by molar-refractivity contribution is 9.10. The van der Waals surface area contributed by atoms with E-state index in [1.165, 1.54) is 36.8 Å². The predicted molar refractivity (Wildman–Crippen MR) is 115 cm³/mol. The minimum absolute atomic E-state index is 0. The summed E-state index contributed by atoms with van der Waals surface area (Å²) in [7, 11) is 0. The molecule has 0 aliphatic heterocycles. The molecular weight excluding hydrogens is 463 g/mol. The van der Waals surface area contributed by atoms with Crippen molar-refractivity contribution in [1.82, 2.24) is 10.6 Å². The molecule has 0 heterocycles. The second kappa shape index (κ2) is 10.7. The number of nitrogens with one attached hydrogen (secondary N) is 2.